The number of unbranched alkanes of at least 4 members (excludes halogenated alkanes) is 2. The molecule has 1 spiro atoms. The molecule has 5 atom stereocenters. The van der Waals surface area contributed by atoms with E-state index in [0.717, 1.165) is 25.7 Å². The van der Waals surface area contributed by atoms with E-state index in [2.05, 4.69) is 18.7 Å². The number of allylic oxidation sites excluding steroid dienone is 3. The van der Waals surface area contributed by atoms with Gasteiger partial charge in [0, 0.05) is 0 Å². The summed E-state index contributed by atoms with van der Waals surface area (Å²) in [6.07, 6.45) is 13.4. The molecule has 3 heteroatoms. The number of sulfone groups is 1. The fraction of sp³-hybridized carbons (Fsp3) is 0.765. The molecule has 2 saturated carbocycles. The Bertz CT molecular complexity index is 556. The van der Waals surface area contributed by atoms with Crippen molar-refractivity contribution in [2.24, 2.45) is 29.1 Å². The molecule has 0 aromatic carbocycles. The van der Waals surface area contributed by atoms with Gasteiger partial charge in [0.15, 0.2) is 9.84 Å². The van der Waals surface area contributed by atoms with E-state index in [9.17, 15) is 8.42 Å². The molecule has 1 aliphatic heterocycles. The molecule has 4 rings (SSSR count). The number of fused-ring (bicyclic) bond motifs is 3. The fourth-order valence-corrected chi connectivity index (χ4v) is 8.19. The van der Waals surface area contributed by atoms with Gasteiger partial charge in [0.2, 0.25) is 0 Å². The molecule has 3 aliphatic carbocycles. The monoisotopic (exact) mass is 292 g/mol. The largest absolute Gasteiger partial charge is 0.229 e. The van der Waals surface area contributed by atoms with E-state index >= 15 is 0 Å². The Kier molecular flexibility index (Phi) is 2.77. The normalized spacial score (nSPS) is 44.9. The van der Waals surface area contributed by atoms with Gasteiger partial charge in [0.25, 0.3) is 0 Å². The molecule has 0 amide bonds. The molecular formula is C17H24O2S. The molecule has 0 radical (unpaired) electrons. The summed E-state index contributed by atoms with van der Waals surface area (Å²) in [6, 6.07) is 0. The molecule has 1 heterocycles. The lowest BCUT2D eigenvalue weighted by atomic mass is 9.81. The van der Waals surface area contributed by atoms with Crippen LogP contribution in [0.3, 0.4) is 0 Å². The van der Waals surface area contributed by atoms with Crippen molar-refractivity contribution in [3.8, 4) is 0 Å². The van der Waals surface area contributed by atoms with E-state index in [1.807, 2.05) is 6.08 Å². The molecule has 0 unspecified atom stereocenters. The molecule has 0 aromatic heterocycles. The van der Waals surface area contributed by atoms with Crippen LogP contribution < -0.4 is 0 Å². The minimum absolute atomic E-state index is 0.0465. The lowest BCUT2D eigenvalue weighted by molar-refractivity contribution is 0.329. The maximum Gasteiger partial charge on any atom is 0.153 e. The van der Waals surface area contributed by atoms with Gasteiger partial charge in [-0.1, -0.05) is 24.6 Å². The molecule has 1 saturated heterocycles. The Labute approximate surface area is 122 Å². The van der Waals surface area contributed by atoms with Gasteiger partial charge >= 0.3 is 0 Å². The van der Waals surface area contributed by atoms with Crippen LogP contribution in [0.4, 0.5) is 0 Å². The second kappa shape index (κ2) is 4.22. The van der Waals surface area contributed by atoms with E-state index in [-0.39, 0.29) is 5.25 Å². The molecule has 3 fully saturated rings. The number of hydrogen-bond acceptors (Lipinski definition) is 2. The predicted molar refractivity (Wildman–Crippen MR) is 81.0 cm³/mol. The van der Waals surface area contributed by atoms with Gasteiger partial charge in [-0.2, -0.15) is 0 Å². The second-order valence-electron chi connectivity index (χ2n) is 7.35. The molecule has 20 heavy (non-hydrogen) atoms. The third-order valence-corrected chi connectivity index (χ3v) is 8.84. The SMILES string of the molecule is C=CCCCC[C@@H]1[C@@H]2[C@H](CS1(=O)=O)[C@@H]1C=C[C@H]2C12CC2. The summed E-state index contributed by atoms with van der Waals surface area (Å²) >= 11 is 0. The van der Waals surface area contributed by atoms with Crippen molar-refractivity contribution in [3.63, 3.8) is 0 Å². The van der Waals surface area contributed by atoms with Gasteiger partial charge in [0.05, 0.1) is 11.0 Å². The molecule has 2 bridgehead atoms. The third kappa shape index (κ3) is 1.59. The maximum atomic E-state index is 12.5. The van der Waals surface area contributed by atoms with Crippen LogP contribution in [-0.4, -0.2) is 19.4 Å². The van der Waals surface area contributed by atoms with Gasteiger partial charge in [-0.25, -0.2) is 8.42 Å². The highest BCUT2D eigenvalue weighted by Crippen LogP contribution is 2.74. The lowest BCUT2D eigenvalue weighted by Gasteiger charge is -2.25. The Morgan fingerprint density at radius 2 is 1.95 bits per heavy atom. The highest BCUT2D eigenvalue weighted by Gasteiger charge is 2.71. The van der Waals surface area contributed by atoms with Gasteiger partial charge < -0.3 is 0 Å². The summed E-state index contributed by atoms with van der Waals surface area (Å²) in [7, 11) is -2.85. The zero-order valence-electron chi connectivity index (χ0n) is 12.0. The van der Waals surface area contributed by atoms with E-state index < -0.39 is 9.84 Å². The summed E-state index contributed by atoms with van der Waals surface area (Å²) in [5.74, 6) is 2.53. The summed E-state index contributed by atoms with van der Waals surface area (Å²) < 4.78 is 25.1. The summed E-state index contributed by atoms with van der Waals surface area (Å²) in [6.45, 7) is 3.74. The van der Waals surface area contributed by atoms with Crippen LogP contribution >= 0.6 is 0 Å². The summed E-state index contributed by atoms with van der Waals surface area (Å²) in [4.78, 5) is 0. The van der Waals surface area contributed by atoms with Crippen molar-refractivity contribution in [3.05, 3.63) is 24.8 Å². The van der Waals surface area contributed by atoms with Gasteiger partial charge in [-0.3, -0.25) is 0 Å². The van der Waals surface area contributed by atoms with Crippen LogP contribution in [0.2, 0.25) is 0 Å². The minimum atomic E-state index is -2.85. The molecule has 0 N–H and O–H groups in total. The number of rotatable bonds is 5. The average molecular weight is 292 g/mol. The first-order valence-corrected chi connectivity index (χ1v) is 9.82. The fourth-order valence-electron chi connectivity index (χ4n) is 5.60. The van der Waals surface area contributed by atoms with Gasteiger partial charge in [-0.15, -0.1) is 6.58 Å². The molecule has 2 nitrogen and oxygen atoms in total. The summed E-state index contributed by atoms with van der Waals surface area (Å²) in [5.41, 5.74) is 0.518. The molecule has 0 aromatic rings. The molecule has 110 valence electrons. The van der Waals surface area contributed by atoms with Crippen LogP contribution in [0, 0.1) is 29.1 Å². The number of hydrogen-bond donors (Lipinski definition) is 0. The highest BCUT2D eigenvalue weighted by molar-refractivity contribution is 7.92. The van der Waals surface area contributed by atoms with Crippen LogP contribution in [0.5, 0.6) is 0 Å². The van der Waals surface area contributed by atoms with E-state index in [0.29, 0.717) is 34.8 Å². The Morgan fingerprint density at radius 3 is 2.65 bits per heavy atom. The first-order chi connectivity index (χ1) is 9.60. The lowest BCUT2D eigenvalue weighted by Crippen LogP contribution is -2.28. The van der Waals surface area contributed by atoms with Crippen LogP contribution in [0.25, 0.3) is 0 Å². The zero-order chi connectivity index (χ0) is 14.0. The maximum absolute atomic E-state index is 12.5. The van der Waals surface area contributed by atoms with E-state index in [1.54, 1.807) is 0 Å². The van der Waals surface area contributed by atoms with Gasteiger partial charge in [-0.05, 0) is 61.2 Å². The quantitative estimate of drug-likeness (QED) is 0.575. The summed E-state index contributed by atoms with van der Waals surface area (Å²) in [5, 5.41) is -0.0465. The Hall–Kier alpha value is -0.570. The molecular weight excluding hydrogens is 268 g/mol. The van der Waals surface area contributed by atoms with Crippen molar-refractivity contribution in [2.75, 3.05) is 5.75 Å². The predicted octanol–water partition coefficient (Wildman–Crippen LogP) is 3.36. The van der Waals surface area contributed by atoms with E-state index in [4.69, 9.17) is 0 Å². The second-order valence-corrected chi connectivity index (χ2v) is 9.62. The van der Waals surface area contributed by atoms with Crippen molar-refractivity contribution in [1.82, 2.24) is 0 Å². The smallest absolute Gasteiger partial charge is 0.153 e. The standard InChI is InChI=1S/C17H24O2S/c1-2-3-4-5-6-15-16-12(11-20(15,18)19)13-7-8-14(16)17(13)9-10-17/h2,7-8,12-16H,1,3-6,9-11H2/t12-,13+,14-,15-,16-/m1/s1. The Morgan fingerprint density at radius 1 is 1.20 bits per heavy atom. The third-order valence-electron chi connectivity index (χ3n) is 6.51. The van der Waals surface area contributed by atoms with Crippen LogP contribution in [0.1, 0.15) is 38.5 Å². The molecule has 4 aliphatic rings. The van der Waals surface area contributed by atoms with Crippen LogP contribution in [0.15, 0.2) is 24.8 Å². The van der Waals surface area contributed by atoms with Crippen molar-refractivity contribution in [2.45, 2.75) is 43.8 Å². The topological polar surface area (TPSA) is 34.1 Å². The van der Waals surface area contributed by atoms with Crippen molar-refractivity contribution >= 4 is 9.84 Å². The average Bonchev–Trinajstić information content (AvgIpc) is 2.98. The minimum Gasteiger partial charge on any atom is -0.229 e. The zero-order valence-corrected chi connectivity index (χ0v) is 12.8. The van der Waals surface area contributed by atoms with Crippen LogP contribution in [-0.2, 0) is 9.84 Å². The first kappa shape index (κ1) is 13.1. The van der Waals surface area contributed by atoms with Crippen molar-refractivity contribution in [1.29, 1.82) is 0 Å². The van der Waals surface area contributed by atoms with E-state index in [1.165, 1.54) is 12.8 Å². The van der Waals surface area contributed by atoms with Gasteiger partial charge in [0.1, 0.15) is 0 Å². The van der Waals surface area contributed by atoms with Crippen molar-refractivity contribution < 1.29 is 8.42 Å². The first-order valence-electron chi connectivity index (χ1n) is 8.11. The Balaban J connectivity index is 1.55. The highest BCUT2D eigenvalue weighted by atomic mass is 32.2.